The van der Waals surface area contributed by atoms with E-state index in [1.54, 1.807) is 0 Å². The van der Waals surface area contributed by atoms with E-state index in [0.29, 0.717) is 29.5 Å². The van der Waals surface area contributed by atoms with E-state index >= 15 is 0 Å². The third kappa shape index (κ3) is 5.15. The summed E-state index contributed by atoms with van der Waals surface area (Å²) in [5.74, 6) is 3.84. The molecule has 0 aliphatic heterocycles. The highest BCUT2D eigenvalue weighted by Gasteiger charge is 2.60. The minimum Gasteiger partial charge on any atom is -0.462 e. The van der Waals surface area contributed by atoms with Crippen LogP contribution in [0.15, 0.2) is 0 Å². The van der Waals surface area contributed by atoms with Crippen LogP contribution in [0.5, 0.6) is 0 Å². The summed E-state index contributed by atoms with van der Waals surface area (Å²) in [7, 11) is 0. The van der Waals surface area contributed by atoms with Crippen LogP contribution in [0, 0.1) is 40.4 Å². The lowest BCUT2D eigenvalue weighted by Gasteiger charge is -2.61. The van der Waals surface area contributed by atoms with Gasteiger partial charge in [0.1, 0.15) is 11.9 Å². The van der Waals surface area contributed by atoms with E-state index in [1.807, 2.05) is 6.92 Å². The number of unbranched alkanes of at least 4 members (excludes halogenated alkanes) is 6. The largest absolute Gasteiger partial charge is 0.462 e. The summed E-state index contributed by atoms with van der Waals surface area (Å²) in [5.41, 5.74) is 0.652. The fourth-order valence-corrected chi connectivity index (χ4v) is 9.46. The van der Waals surface area contributed by atoms with Gasteiger partial charge in [0.05, 0.1) is 0 Å². The predicted molar refractivity (Wildman–Crippen MR) is 138 cm³/mol. The van der Waals surface area contributed by atoms with Crippen LogP contribution >= 0.6 is 0 Å². The number of fused-ring (bicyclic) bond motifs is 5. The molecule has 3 heteroatoms. The van der Waals surface area contributed by atoms with Gasteiger partial charge < -0.3 is 4.74 Å². The first-order chi connectivity index (χ1) is 16.3. The van der Waals surface area contributed by atoms with Crippen LogP contribution in [-0.2, 0) is 14.3 Å². The Balaban J connectivity index is 1.26. The summed E-state index contributed by atoms with van der Waals surface area (Å²) in [4.78, 5) is 24.9. The molecule has 0 spiro atoms. The summed E-state index contributed by atoms with van der Waals surface area (Å²) in [6, 6.07) is 0. The molecule has 0 unspecified atom stereocenters. The van der Waals surface area contributed by atoms with Crippen molar-refractivity contribution >= 4 is 11.8 Å². The standard InChI is InChI=1S/C31H52O3/c1-5-6-7-8-9-10-11-12-29(33)34-24-17-19-30(3)23(21-24)13-14-25-27-16-15-26(22(2)32)31(27,4)20-18-28(25)30/h23-28H,5-21H2,1-4H3/t23-,24+,25-,26+,27-,28-,30-,31+/m0/s1. The highest BCUT2D eigenvalue weighted by atomic mass is 16.5. The van der Waals surface area contributed by atoms with Crippen molar-refractivity contribution in [3.63, 3.8) is 0 Å². The first-order valence-corrected chi connectivity index (χ1v) is 15.0. The Morgan fingerprint density at radius 1 is 0.794 bits per heavy atom. The second kappa shape index (κ2) is 11.0. The van der Waals surface area contributed by atoms with Gasteiger partial charge in [-0.25, -0.2) is 0 Å². The van der Waals surface area contributed by atoms with Gasteiger partial charge in [-0.05, 0) is 106 Å². The Kier molecular flexibility index (Phi) is 8.51. The number of esters is 1. The normalized spacial score (nSPS) is 41.3. The van der Waals surface area contributed by atoms with Crippen molar-refractivity contribution in [1.82, 2.24) is 0 Å². The van der Waals surface area contributed by atoms with E-state index in [0.717, 1.165) is 49.9 Å². The number of hydrogen-bond acceptors (Lipinski definition) is 3. The molecule has 0 saturated heterocycles. The molecule has 0 bridgehead atoms. The lowest BCUT2D eigenvalue weighted by molar-refractivity contribution is -0.163. The second-order valence-electron chi connectivity index (χ2n) is 13.2. The van der Waals surface area contributed by atoms with E-state index in [1.165, 1.54) is 70.6 Å². The number of ketones is 1. The van der Waals surface area contributed by atoms with Gasteiger partial charge in [-0.15, -0.1) is 0 Å². The van der Waals surface area contributed by atoms with Crippen LogP contribution in [0.3, 0.4) is 0 Å². The van der Waals surface area contributed by atoms with Gasteiger partial charge in [0.25, 0.3) is 0 Å². The van der Waals surface area contributed by atoms with Crippen molar-refractivity contribution in [3.05, 3.63) is 0 Å². The second-order valence-corrected chi connectivity index (χ2v) is 13.2. The fraction of sp³-hybridized carbons (Fsp3) is 0.935. The zero-order valence-electron chi connectivity index (χ0n) is 22.7. The summed E-state index contributed by atoms with van der Waals surface area (Å²) in [5, 5.41) is 0. The van der Waals surface area contributed by atoms with Crippen LogP contribution in [-0.4, -0.2) is 17.9 Å². The van der Waals surface area contributed by atoms with Crippen LogP contribution in [0.4, 0.5) is 0 Å². The number of ether oxygens (including phenoxy) is 1. The zero-order valence-corrected chi connectivity index (χ0v) is 22.7. The van der Waals surface area contributed by atoms with Gasteiger partial charge in [-0.2, -0.15) is 0 Å². The van der Waals surface area contributed by atoms with E-state index in [-0.39, 0.29) is 17.5 Å². The first-order valence-electron chi connectivity index (χ1n) is 15.0. The molecule has 4 saturated carbocycles. The van der Waals surface area contributed by atoms with E-state index in [4.69, 9.17) is 4.74 Å². The summed E-state index contributed by atoms with van der Waals surface area (Å²) >= 11 is 0. The van der Waals surface area contributed by atoms with Crippen molar-refractivity contribution in [2.45, 2.75) is 143 Å². The topological polar surface area (TPSA) is 43.4 Å². The van der Waals surface area contributed by atoms with Crippen molar-refractivity contribution < 1.29 is 14.3 Å². The molecule has 0 radical (unpaired) electrons. The SMILES string of the molecule is CCCCCCCCCC(=O)O[C@@H]1CC[C@@]2(C)[C@@H](CC[C@@H]3[C@@H]2CC[C@]2(C)[C@@H](C(C)=O)CC[C@@H]32)C1. The molecule has 0 heterocycles. The number of carbonyl (C=O) groups is 2. The van der Waals surface area contributed by atoms with E-state index in [2.05, 4.69) is 20.8 Å². The molecule has 8 atom stereocenters. The maximum atomic E-state index is 12.5. The first kappa shape index (κ1) is 26.2. The zero-order chi connectivity index (χ0) is 24.3. The Bertz CT molecular complexity index is 715. The van der Waals surface area contributed by atoms with Gasteiger partial charge in [-0.3, -0.25) is 9.59 Å². The van der Waals surface area contributed by atoms with Crippen molar-refractivity contribution in [2.75, 3.05) is 0 Å². The molecule has 4 fully saturated rings. The van der Waals surface area contributed by atoms with Crippen molar-refractivity contribution in [3.8, 4) is 0 Å². The van der Waals surface area contributed by atoms with Gasteiger partial charge in [0, 0.05) is 12.3 Å². The van der Waals surface area contributed by atoms with Crippen molar-refractivity contribution in [2.24, 2.45) is 40.4 Å². The Hall–Kier alpha value is -0.860. The minimum absolute atomic E-state index is 0.0468. The molecule has 0 aromatic heterocycles. The Morgan fingerprint density at radius 2 is 1.47 bits per heavy atom. The molecule has 0 aromatic rings. The van der Waals surface area contributed by atoms with Crippen LogP contribution in [0.2, 0.25) is 0 Å². The minimum atomic E-state index is 0.0468. The molecule has 0 aromatic carbocycles. The van der Waals surface area contributed by atoms with Crippen LogP contribution in [0.1, 0.15) is 137 Å². The molecule has 3 nitrogen and oxygen atoms in total. The van der Waals surface area contributed by atoms with E-state index < -0.39 is 0 Å². The quantitative estimate of drug-likeness (QED) is 0.237. The molecule has 4 rings (SSSR count). The monoisotopic (exact) mass is 472 g/mol. The molecule has 0 amide bonds. The summed E-state index contributed by atoms with van der Waals surface area (Å²) in [6.07, 6.45) is 20.3. The number of carbonyl (C=O) groups excluding carboxylic acids is 2. The lowest BCUT2D eigenvalue weighted by atomic mass is 9.44. The average Bonchev–Trinajstić information content (AvgIpc) is 3.16. The van der Waals surface area contributed by atoms with Gasteiger partial charge >= 0.3 is 5.97 Å². The fourth-order valence-electron chi connectivity index (χ4n) is 9.46. The summed E-state index contributed by atoms with van der Waals surface area (Å²) < 4.78 is 6.02. The molecular weight excluding hydrogens is 420 g/mol. The Labute approximate surface area is 209 Å². The molecule has 4 aliphatic rings. The molecule has 4 aliphatic carbocycles. The maximum absolute atomic E-state index is 12.5. The van der Waals surface area contributed by atoms with Crippen molar-refractivity contribution in [1.29, 1.82) is 0 Å². The molecular formula is C31H52O3. The number of Topliss-reactive ketones (excluding diaryl/α,β-unsaturated/α-hetero) is 1. The maximum Gasteiger partial charge on any atom is 0.306 e. The predicted octanol–water partition coefficient (Wildman–Crippen LogP) is 8.29. The Morgan fingerprint density at radius 3 is 2.21 bits per heavy atom. The molecule has 0 N–H and O–H groups in total. The molecule has 34 heavy (non-hydrogen) atoms. The third-order valence-electron chi connectivity index (χ3n) is 11.4. The number of rotatable bonds is 10. The number of hydrogen-bond donors (Lipinski definition) is 0. The van der Waals surface area contributed by atoms with Crippen LogP contribution in [0.25, 0.3) is 0 Å². The average molecular weight is 473 g/mol. The molecule has 194 valence electrons. The van der Waals surface area contributed by atoms with E-state index in [9.17, 15) is 9.59 Å². The van der Waals surface area contributed by atoms with Crippen LogP contribution < -0.4 is 0 Å². The lowest BCUT2D eigenvalue weighted by Crippen LogP contribution is -2.54. The highest BCUT2D eigenvalue weighted by Crippen LogP contribution is 2.67. The summed E-state index contributed by atoms with van der Waals surface area (Å²) in [6.45, 7) is 9.10. The van der Waals surface area contributed by atoms with Gasteiger partial charge in [-0.1, -0.05) is 59.3 Å². The van der Waals surface area contributed by atoms with Gasteiger partial charge in [0.15, 0.2) is 0 Å². The highest BCUT2D eigenvalue weighted by molar-refractivity contribution is 5.79. The third-order valence-corrected chi connectivity index (χ3v) is 11.4. The van der Waals surface area contributed by atoms with Gasteiger partial charge in [0.2, 0.25) is 0 Å². The smallest absolute Gasteiger partial charge is 0.306 e.